The largest absolute Gasteiger partial charge is 0.447 e. The Bertz CT molecular complexity index is 890. The van der Waals surface area contributed by atoms with Gasteiger partial charge in [0.1, 0.15) is 12.1 Å². The molecular weight excluding hydrogens is 425 g/mol. The lowest BCUT2D eigenvalue weighted by atomic mass is 9.99. The van der Waals surface area contributed by atoms with Crippen LogP contribution < -0.4 is 5.32 Å². The van der Waals surface area contributed by atoms with Crippen LogP contribution in [0.2, 0.25) is 0 Å². The summed E-state index contributed by atoms with van der Waals surface area (Å²) in [6, 6.07) is 5.57. The molecule has 1 aromatic heterocycles. The number of nitrogens with one attached hydrogen (secondary N) is 1. The summed E-state index contributed by atoms with van der Waals surface area (Å²) in [5.41, 5.74) is 0.697. The van der Waals surface area contributed by atoms with Crippen molar-refractivity contribution in [2.24, 2.45) is 5.92 Å². The minimum absolute atomic E-state index is 0.197. The number of benzene rings is 1. The normalized spacial score (nSPS) is 20.1. The quantitative estimate of drug-likeness (QED) is 0.627. The molecule has 2 saturated heterocycles. The molecule has 2 N–H and O–H groups in total. The van der Waals surface area contributed by atoms with Gasteiger partial charge in [0.2, 0.25) is 5.89 Å². The Morgan fingerprint density at radius 2 is 1.70 bits per heavy atom. The molecule has 8 nitrogen and oxygen atoms in total. The number of hydrogen-bond donors (Lipinski definition) is 2. The zero-order valence-corrected chi connectivity index (χ0v) is 19.3. The van der Waals surface area contributed by atoms with Gasteiger partial charge in [0, 0.05) is 45.0 Å². The van der Waals surface area contributed by atoms with Gasteiger partial charge in [-0.25, -0.2) is 9.37 Å². The molecule has 4 rings (SSSR count). The Morgan fingerprint density at radius 1 is 1.09 bits per heavy atom. The van der Waals surface area contributed by atoms with Crippen LogP contribution in [-0.2, 0) is 6.54 Å². The van der Waals surface area contributed by atoms with Crippen LogP contribution in [0.15, 0.2) is 34.9 Å². The summed E-state index contributed by atoms with van der Waals surface area (Å²) in [7, 11) is 0. The second kappa shape index (κ2) is 11.2. The summed E-state index contributed by atoms with van der Waals surface area (Å²) in [4.78, 5) is 23.6. The topological polar surface area (TPSA) is 85.1 Å². The van der Waals surface area contributed by atoms with Crippen molar-refractivity contribution >= 4 is 11.6 Å². The Kier molecular flexibility index (Phi) is 8.08. The molecule has 2 fully saturated rings. The zero-order chi connectivity index (χ0) is 23.2. The SMILES string of the molecule is CC1CCN(CC(O)CN2CCN(Cc3nc(C(=O)Nc4ccc(F)cc4)co3)CC2)CC1. The van der Waals surface area contributed by atoms with Gasteiger partial charge in [0.15, 0.2) is 5.69 Å². The van der Waals surface area contributed by atoms with Crippen molar-refractivity contribution in [3.8, 4) is 0 Å². The van der Waals surface area contributed by atoms with E-state index in [1.54, 1.807) is 0 Å². The number of aromatic nitrogens is 1. The van der Waals surface area contributed by atoms with Gasteiger partial charge in [-0.2, -0.15) is 0 Å². The first-order valence-corrected chi connectivity index (χ1v) is 11.8. The summed E-state index contributed by atoms with van der Waals surface area (Å²) in [5.74, 6) is 0.545. The minimum Gasteiger partial charge on any atom is -0.447 e. The van der Waals surface area contributed by atoms with E-state index in [1.165, 1.54) is 43.4 Å². The predicted octanol–water partition coefficient (Wildman–Crippen LogP) is 2.28. The van der Waals surface area contributed by atoms with Crippen LogP contribution in [0.3, 0.4) is 0 Å². The smallest absolute Gasteiger partial charge is 0.277 e. The second-order valence-corrected chi connectivity index (χ2v) is 9.30. The number of piperidine rings is 1. The summed E-state index contributed by atoms with van der Waals surface area (Å²) in [6.45, 7) is 9.94. The Balaban J connectivity index is 1.17. The number of likely N-dealkylation sites (tertiary alicyclic amines) is 1. The average molecular weight is 460 g/mol. The van der Waals surface area contributed by atoms with E-state index in [2.05, 4.69) is 31.9 Å². The van der Waals surface area contributed by atoms with Crippen LogP contribution in [0.4, 0.5) is 10.1 Å². The van der Waals surface area contributed by atoms with Crippen molar-refractivity contribution in [3.05, 3.63) is 47.9 Å². The molecule has 33 heavy (non-hydrogen) atoms. The molecule has 2 aliphatic rings. The predicted molar refractivity (Wildman–Crippen MR) is 123 cm³/mol. The van der Waals surface area contributed by atoms with Gasteiger partial charge in [-0.3, -0.25) is 14.6 Å². The van der Waals surface area contributed by atoms with Gasteiger partial charge in [0.25, 0.3) is 5.91 Å². The molecule has 0 aliphatic carbocycles. The molecule has 2 aromatic rings. The number of amides is 1. The van der Waals surface area contributed by atoms with E-state index in [-0.39, 0.29) is 17.6 Å². The summed E-state index contributed by atoms with van der Waals surface area (Å²) in [5, 5.41) is 13.2. The molecule has 1 aromatic carbocycles. The van der Waals surface area contributed by atoms with Crippen LogP contribution in [0.25, 0.3) is 0 Å². The molecular formula is C24H34FN5O3. The first kappa shape index (κ1) is 23.8. The van der Waals surface area contributed by atoms with E-state index < -0.39 is 5.91 Å². The lowest BCUT2D eigenvalue weighted by Gasteiger charge is -2.36. The van der Waals surface area contributed by atoms with Gasteiger partial charge in [-0.1, -0.05) is 6.92 Å². The lowest BCUT2D eigenvalue weighted by Crippen LogP contribution is -2.50. The van der Waals surface area contributed by atoms with Crippen LogP contribution in [0.5, 0.6) is 0 Å². The molecule has 0 saturated carbocycles. The van der Waals surface area contributed by atoms with Gasteiger partial charge in [-0.05, 0) is 56.1 Å². The first-order valence-electron chi connectivity index (χ1n) is 11.8. The monoisotopic (exact) mass is 459 g/mol. The Labute approximate surface area is 194 Å². The number of rotatable bonds is 8. The number of carbonyl (C=O) groups is 1. The summed E-state index contributed by atoms with van der Waals surface area (Å²) < 4.78 is 18.5. The Hall–Kier alpha value is -2.33. The van der Waals surface area contributed by atoms with Gasteiger partial charge < -0.3 is 19.7 Å². The van der Waals surface area contributed by atoms with Gasteiger partial charge in [0.05, 0.1) is 12.6 Å². The summed E-state index contributed by atoms with van der Waals surface area (Å²) >= 11 is 0. The third-order valence-electron chi connectivity index (χ3n) is 6.52. The number of hydrogen-bond acceptors (Lipinski definition) is 7. The molecule has 1 unspecified atom stereocenters. The maximum atomic E-state index is 13.0. The fourth-order valence-corrected chi connectivity index (χ4v) is 4.44. The Morgan fingerprint density at radius 3 is 2.36 bits per heavy atom. The highest BCUT2D eigenvalue weighted by molar-refractivity contribution is 6.02. The van der Waals surface area contributed by atoms with Crippen molar-refractivity contribution in [3.63, 3.8) is 0 Å². The maximum Gasteiger partial charge on any atom is 0.277 e. The fourth-order valence-electron chi connectivity index (χ4n) is 4.44. The van der Waals surface area contributed by atoms with Crippen molar-refractivity contribution < 1.29 is 18.7 Å². The fraction of sp³-hybridized carbons (Fsp3) is 0.583. The average Bonchev–Trinajstić information content (AvgIpc) is 3.27. The van der Waals surface area contributed by atoms with E-state index in [1.807, 2.05) is 0 Å². The molecule has 0 radical (unpaired) electrons. The maximum absolute atomic E-state index is 13.0. The van der Waals surface area contributed by atoms with Crippen molar-refractivity contribution in [2.45, 2.75) is 32.4 Å². The number of aliphatic hydroxyl groups excluding tert-OH is 1. The van der Waals surface area contributed by atoms with Crippen molar-refractivity contribution in [1.82, 2.24) is 19.7 Å². The number of oxazole rings is 1. The lowest BCUT2D eigenvalue weighted by molar-refractivity contribution is 0.0401. The van der Waals surface area contributed by atoms with Crippen LogP contribution in [0, 0.1) is 11.7 Å². The standard InChI is InChI=1S/C24H34FN5O3/c1-18-6-8-28(9-7-18)14-21(31)15-29-10-12-30(13-11-29)16-23-27-22(17-33-23)24(32)26-20-4-2-19(25)3-5-20/h2-5,17-18,21,31H,6-16H2,1H3,(H,26,32). The third kappa shape index (κ3) is 7.07. The van der Waals surface area contributed by atoms with E-state index in [9.17, 15) is 14.3 Å². The number of piperazine rings is 1. The first-order chi connectivity index (χ1) is 15.9. The molecule has 3 heterocycles. The highest BCUT2D eigenvalue weighted by atomic mass is 19.1. The number of nitrogens with zero attached hydrogens (tertiary/aromatic N) is 4. The van der Waals surface area contributed by atoms with Crippen molar-refractivity contribution in [2.75, 3.05) is 57.7 Å². The third-order valence-corrected chi connectivity index (χ3v) is 6.52. The molecule has 180 valence electrons. The number of anilines is 1. The molecule has 1 amide bonds. The van der Waals surface area contributed by atoms with E-state index in [0.717, 1.165) is 51.7 Å². The van der Waals surface area contributed by atoms with E-state index in [4.69, 9.17) is 4.42 Å². The number of halogens is 1. The molecule has 9 heteroatoms. The number of β-amino-alcohol motifs (C(OH)–C–C–N with tert-alkyl or cyclic N) is 1. The van der Waals surface area contributed by atoms with Crippen LogP contribution >= 0.6 is 0 Å². The molecule has 2 aliphatic heterocycles. The highest BCUT2D eigenvalue weighted by Gasteiger charge is 2.23. The molecule has 0 bridgehead atoms. The number of carbonyl (C=O) groups excluding carboxylic acids is 1. The minimum atomic E-state index is -0.390. The van der Waals surface area contributed by atoms with Gasteiger partial charge in [-0.15, -0.1) is 0 Å². The molecule has 0 spiro atoms. The second-order valence-electron chi connectivity index (χ2n) is 9.30. The highest BCUT2D eigenvalue weighted by Crippen LogP contribution is 2.17. The summed E-state index contributed by atoms with van der Waals surface area (Å²) in [6.07, 6.45) is 3.48. The molecule has 1 atom stereocenters. The van der Waals surface area contributed by atoms with Crippen LogP contribution in [0.1, 0.15) is 36.1 Å². The van der Waals surface area contributed by atoms with Crippen molar-refractivity contribution in [1.29, 1.82) is 0 Å². The van der Waals surface area contributed by atoms with E-state index >= 15 is 0 Å². The van der Waals surface area contributed by atoms with Crippen LogP contribution in [-0.4, -0.2) is 89.2 Å². The van der Waals surface area contributed by atoms with E-state index in [0.29, 0.717) is 24.7 Å². The number of aliphatic hydroxyl groups is 1. The van der Waals surface area contributed by atoms with Gasteiger partial charge >= 0.3 is 0 Å². The zero-order valence-electron chi connectivity index (χ0n) is 19.3.